The number of ketones is 1. The van der Waals surface area contributed by atoms with E-state index in [0.29, 0.717) is 6.42 Å². The number of carbonyl (C=O) groups is 1. The van der Waals surface area contributed by atoms with Crippen molar-refractivity contribution in [1.29, 1.82) is 0 Å². The predicted molar refractivity (Wildman–Crippen MR) is 40.8 cm³/mol. The Balaban J connectivity index is 3.62. The van der Waals surface area contributed by atoms with Crippen molar-refractivity contribution in [1.82, 2.24) is 0 Å². The molecule has 0 aromatic heterocycles. The number of hydrogen-bond donors (Lipinski definition) is 1. The van der Waals surface area contributed by atoms with Crippen LogP contribution in [0.2, 0.25) is 0 Å². The summed E-state index contributed by atoms with van der Waals surface area (Å²) in [7, 11) is 0. The first kappa shape index (κ1) is 9.63. The van der Waals surface area contributed by atoms with E-state index >= 15 is 0 Å². The van der Waals surface area contributed by atoms with E-state index in [2.05, 4.69) is 0 Å². The lowest BCUT2D eigenvalue weighted by Crippen LogP contribution is -2.15. The number of Topliss-reactive ketones (excluding diaryl/α,β-unsaturated/α-hetero) is 1. The van der Waals surface area contributed by atoms with Gasteiger partial charge in [-0.05, 0) is 13.3 Å². The Hall–Kier alpha value is -0.370. The molecule has 0 radical (unpaired) electrons. The van der Waals surface area contributed by atoms with Gasteiger partial charge in [-0.25, -0.2) is 0 Å². The van der Waals surface area contributed by atoms with E-state index in [0.717, 1.165) is 6.42 Å². The number of rotatable bonds is 4. The maximum atomic E-state index is 11.0. The number of aliphatic hydroxyl groups is 1. The van der Waals surface area contributed by atoms with E-state index in [1.807, 2.05) is 13.8 Å². The van der Waals surface area contributed by atoms with Crippen LogP contribution in [0.3, 0.4) is 0 Å². The Kier molecular flexibility index (Phi) is 4.28. The van der Waals surface area contributed by atoms with Crippen LogP contribution in [-0.2, 0) is 4.79 Å². The largest absolute Gasteiger partial charge is 0.393 e. The van der Waals surface area contributed by atoms with Crippen molar-refractivity contribution in [2.75, 3.05) is 0 Å². The van der Waals surface area contributed by atoms with E-state index in [1.165, 1.54) is 0 Å². The van der Waals surface area contributed by atoms with Crippen LogP contribution in [0.1, 0.15) is 33.6 Å². The van der Waals surface area contributed by atoms with Crippen LogP contribution in [0.15, 0.2) is 0 Å². The summed E-state index contributed by atoms with van der Waals surface area (Å²) in [6, 6.07) is 0. The highest BCUT2D eigenvalue weighted by atomic mass is 16.3. The summed E-state index contributed by atoms with van der Waals surface area (Å²) in [5, 5.41) is 8.85. The van der Waals surface area contributed by atoms with Gasteiger partial charge in [-0.1, -0.05) is 13.8 Å². The van der Waals surface area contributed by atoms with E-state index in [-0.39, 0.29) is 11.7 Å². The highest BCUT2D eigenvalue weighted by Crippen LogP contribution is 2.06. The molecule has 0 saturated heterocycles. The van der Waals surface area contributed by atoms with Gasteiger partial charge >= 0.3 is 0 Å². The van der Waals surface area contributed by atoms with E-state index < -0.39 is 6.10 Å². The second kappa shape index (κ2) is 4.45. The van der Waals surface area contributed by atoms with Gasteiger partial charge in [0.1, 0.15) is 5.78 Å². The van der Waals surface area contributed by atoms with Crippen LogP contribution in [0.5, 0.6) is 0 Å². The molecule has 0 saturated carbocycles. The third-order valence-corrected chi connectivity index (χ3v) is 1.66. The van der Waals surface area contributed by atoms with E-state index in [1.54, 1.807) is 6.92 Å². The fourth-order valence-corrected chi connectivity index (χ4v) is 0.720. The van der Waals surface area contributed by atoms with Gasteiger partial charge in [0.05, 0.1) is 6.10 Å². The van der Waals surface area contributed by atoms with Gasteiger partial charge in [0.2, 0.25) is 0 Å². The summed E-state index contributed by atoms with van der Waals surface area (Å²) in [6.07, 6.45) is 0.682. The average molecular weight is 144 g/mol. The molecule has 0 aliphatic heterocycles. The minimum absolute atomic E-state index is 0.106. The second-order valence-electron chi connectivity index (χ2n) is 2.83. The fourth-order valence-electron chi connectivity index (χ4n) is 0.720. The van der Waals surface area contributed by atoms with Gasteiger partial charge < -0.3 is 5.11 Å². The molecule has 0 aliphatic carbocycles. The van der Waals surface area contributed by atoms with Crippen LogP contribution in [0, 0.1) is 5.92 Å². The van der Waals surface area contributed by atoms with Gasteiger partial charge in [0.25, 0.3) is 0 Å². The first-order valence-corrected chi connectivity index (χ1v) is 3.78. The molecule has 1 N–H and O–H groups in total. The Morgan fingerprint density at radius 1 is 1.50 bits per heavy atom. The van der Waals surface area contributed by atoms with E-state index in [9.17, 15) is 4.79 Å². The van der Waals surface area contributed by atoms with Crippen molar-refractivity contribution in [3.05, 3.63) is 0 Å². The Bertz CT molecular complexity index is 108. The normalized spacial score (nSPS) is 16.4. The van der Waals surface area contributed by atoms with Crippen LogP contribution >= 0.6 is 0 Å². The zero-order valence-corrected chi connectivity index (χ0v) is 6.92. The molecule has 2 nitrogen and oxygen atoms in total. The van der Waals surface area contributed by atoms with Gasteiger partial charge in [-0.15, -0.1) is 0 Å². The molecule has 0 rings (SSSR count). The first-order valence-electron chi connectivity index (χ1n) is 3.78. The molecule has 0 aromatic rings. The zero-order valence-electron chi connectivity index (χ0n) is 6.92. The SMILES string of the molecule is CCC(C)C(=O)CC(C)O. The molecular weight excluding hydrogens is 128 g/mol. The lowest BCUT2D eigenvalue weighted by atomic mass is 9.99. The highest BCUT2D eigenvalue weighted by molar-refractivity contribution is 5.80. The van der Waals surface area contributed by atoms with Crippen molar-refractivity contribution >= 4 is 5.78 Å². The zero-order chi connectivity index (χ0) is 8.15. The standard InChI is InChI=1S/C8H16O2/c1-4-6(2)8(10)5-7(3)9/h6-7,9H,4-5H2,1-3H3. The summed E-state index contributed by atoms with van der Waals surface area (Å²) in [4.78, 5) is 11.0. The Morgan fingerprint density at radius 2 is 2.00 bits per heavy atom. The average Bonchev–Trinajstić information content (AvgIpc) is 1.85. The minimum Gasteiger partial charge on any atom is -0.393 e. The number of aliphatic hydroxyl groups excluding tert-OH is 1. The van der Waals surface area contributed by atoms with Gasteiger partial charge in [-0.3, -0.25) is 4.79 Å². The number of carbonyl (C=O) groups excluding carboxylic acids is 1. The molecule has 0 heterocycles. The Morgan fingerprint density at radius 3 is 2.30 bits per heavy atom. The topological polar surface area (TPSA) is 37.3 Å². The Labute approximate surface area is 62.2 Å². The lowest BCUT2D eigenvalue weighted by Gasteiger charge is -2.07. The molecule has 0 aliphatic rings. The quantitative estimate of drug-likeness (QED) is 0.647. The molecule has 60 valence electrons. The minimum atomic E-state index is -0.485. The van der Waals surface area contributed by atoms with Crippen LogP contribution < -0.4 is 0 Å². The second-order valence-corrected chi connectivity index (χ2v) is 2.83. The van der Waals surface area contributed by atoms with Gasteiger partial charge in [0, 0.05) is 12.3 Å². The molecule has 0 spiro atoms. The van der Waals surface area contributed by atoms with Gasteiger partial charge in [0.15, 0.2) is 0 Å². The first-order chi connectivity index (χ1) is 4.57. The van der Waals surface area contributed by atoms with Crippen molar-refractivity contribution < 1.29 is 9.90 Å². The van der Waals surface area contributed by atoms with Crippen molar-refractivity contribution in [2.24, 2.45) is 5.92 Å². The van der Waals surface area contributed by atoms with Gasteiger partial charge in [-0.2, -0.15) is 0 Å². The fraction of sp³-hybridized carbons (Fsp3) is 0.875. The molecule has 2 heteroatoms. The summed E-state index contributed by atoms with van der Waals surface area (Å²) in [5.74, 6) is 0.270. The van der Waals surface area contributed by atoms with Crippen LogP contribution in [0.25, 0.3) is 0 Å². The maximum Gasteiger partial charge on any atom is 0.138 e. The summed E-state index contributed by atoms with van der Waals surface area (Å²) >= 11 is 0. The van der Waals surface area contributed by atoms with Crippen LogP contribution in [-0.4, -0.2) is 17.0 Å². The molecule has 2 unspecified atom stereocenters. The van der Waals surface area contributed by atoms with E-state index in [4.69, 9.17) is 5.11 Å². The molecule has 2 atom stereocenters. The number of hydrogen-bond acceptors (Lipinski definition) is 2. The molecule has 10 heavy (non-hydrogen) atoms. The molecule has 0 aromatic carbocycles. The summed E-state index contributed by atoms with van der Waals surface area (Å²) in [6.45, 7) is 5.51. The molecule has 0 fully saturated rings. The lowest BCUT2D eigenvalue weighted by molar-refractivity contribution is -0.124. The maximum absolute atomic E-state index is 11.0. The monoisotopic (exact) mass is 144 g/mol. The summed E-state index contributed by atoms with van der Waals surface area (Å²) < 4.78 is 0. The highest BCUT2D eigenvalue weighted by Gasteiger charge is 2.12. The third kappa shape index (κ3) is 3.62. The van der Waals surface area contributed by atoms with Crippen molar-refractivity contribution in [3.63, 3.8) is 0 Å². The van der Waals surface area contributed by atoms with Crippen LogP contribution in [0.4, 0.5) is 0 Å². The molecular formula is C8H16O2. The summed E-state index contributed by atoms with van der Waals surface area (Å²) in [5.41, 5.74) is 0. The predicted octanol–water partition coefficient (Wildman–Crippen LogP) is 1.37. The van der Waals surface area contributed by atoms with Crippen molar-refractivity contribution in [2.45, 2.75) is 39.7 Å². The smallest absolute Gasteiger partial charge is 0.138 e. The molecule has 0 amide bonds. The molecule has 0 bridgehead atoms. The van der Waals surface area contributed by atoms with Crippen molar-refractivity contribution in [3.8, 4) is 0 Å². The third-order valence-electron chi connectivity index (χ3n) is 1.66.